The summed E-state index contributed by atoms with van der Waals surface area (Å²) in [5.41, 5.74) is 2.02. The molecular weight excluding hydrogens is 388 g/mol. The number of benzene rings is 2. The number of halogens is 2. The van der Waals surface area contributed by atoms with Crippen LogP contribution in [0.4, 0.5) is 25.0 Å². The second-order valence-corrected chi connectivity index (χ2v) is 7.98. The van der Waals surface area contributed by atoms with E-state index in [4.69, 9.17) is 0 Å². The van der Waals surface area contributed by atoms with Gasteiger partial charge < -0.3 is 10.2 Å². The van der Waals surface area contributed by atoms with Crippen LogP contribution in [0.3, 0.4) is 0 Å². The molecular formula is C23H25F2N3O2. The molecule has 158 valence electrons. The highest BCUT2D eigenvalue weighted by atomic mass is 19.2. The fourth-order valence-corrected chi connectivity index (χ4v) is 4.18. The van der Waals surface area contributed by atoms with Crippen molar-refractivity contribution in [2.75, 3.05) is 23.3 Å². The first-order valence-corrected chi connectivity index (χ1v) is 10.4. The SMILES string of the molecule is O=C(Nc1ccc(N2CCCN(Cc3ccc(F)c(F)c3)C2=O)cc1)C1CCCC1. The molecule has 0 spiro atoms. The summed E-state index contributed by atoms with van der Waals surface area (Å²) >= 11 is 0. The highest BCUT2D eigenvalue weighted by Gasteiger charge is 2.27. The zero-order valence-corrected chi connectivity index (χ0v) is 16.7. The van der Waals surface area contributed by atoms with Crippen molar-refractivity contribution in [3.63, 3.8) is 0 Å². The van der Waals surface area contributed by atoms with Crippen molar-refractivity contribution in [3.8, 4) is 0 Å². The smallest absolute Gasteiger partial charge is 0.324 e. The lowest BCUT2D eigenvalue weighted by molar-refractivity contribution is -0.119. The summed E-state index contributed by atoms with van der Waals surface area (Å²) in [4.78, 5) is 28.5. The van der Waals surface area contributed by atoms with Crippen LogP contribution in [-0.4, -0.2) is 29.9 Å². The number of carbonyl (C=O) groups excluding carboxylic acids is 2. The first-order valence-electron chi connectivity index (χ1n) is 10.4. The van der Waals surface area contributed by atoms with E-state index in [1.54, 1.807) is 9.80 Å². The molecule has 4 rings (SSSR count). The van der Waals surface area contributed by atoms with Crippen LogP contribution in [0.15, 0.2) is 42.5 Å². The van der Waals surface area contributed by atoms with Crippen LogP contribution in [0.5, 0.6) is 0 Å². The van der Waals surface area contributed by atoms with Crippen LogP contribution in [0.2, 0.25) is 0 Å². The average molecular weight is 413 g/mol. The quantitative estimate of drug-likeness (QED) is 0.756. The van der Waals surface area contributed by atoms with Gasteiger partial charge in [0.2, 0.25) is 5.91 Å². The highest BCUT2D eigenvalue weighted by Crippen LogP contribution is 2.27. The van der Waals surface area contributed by atoms with Gasteiger partial charge in [0, 0.05) is 36.9 Å². The van der Waals surface area contributed by atoms with Crippen LogP contribution in [-0.2, 0) is 11.3 Å². The predicted molar refractivity (Wildman–Crippen MR) is 111 cm³/mol. The van der Waals surface area contributed by atoms with Gasteiger partial charge in [-0.15, -0.1) is 0 Å². The molecule has 1 aliphatic heterocycles. The molecule has 0 radical (unpaired) electrons. The van der Waals surface area contributed by atoms with Crippen LogP contribution in [0.25, 0.3) is 0 Å². The summed E-state index contributed by atoms with van der Waals surface area (Å²) in [6.07, 6.45) is 4.87. The number of nitrogens with zero attached hydrogens (tertiary/aromatic N) is 2. The third-order valence-electron chi connectivity index (χ3n) is 5.84. The maximum absolute atomic E-state index is 13.5. The number of urea groups is 1. The molecule has 0 aromatic heterocycles. The van der Waals surface area contributed by atoms with E-state index in [1.165, 1.54) is 6.07 Å². The lowest BCUT2D eigenvalue weighted by Gasteiger charge is -2.35. The normalized spacial score (nSPS) is 17.5. The van der Waals surface area contributed by atoms with Crippen LogP contribution < -0.4 is 10.2 Å². The van der Waals surface area contributed by atoms with Crippen LogP contribution in [0.1, 0.15) is 37.7 Å². The number of amides is 3. The topological polar surface area (TPSA) is 52.7 Å². The highest BCUT2D eigenvalue weighted by molar-refractivity contribution is 5.95. The zero-order chi connectivity index (χ0) is 21.1. The van der Waals surface area contributed by atoms with Gasteiger partial charge in [0.15, 0.2) is 11.6 Å². The van der Waals surface area contributed by atoms with Gasteiger partial charge in [-0.1, -0.05) is 18.9 Å². The molecule has 1 heterocycles. The Balaban J connectivity index is 1.40. The molecule has 1 saturated carbocycles. The van der Waals surface area contributed by atoms with Crippen molar-refractivity contribution in [1.29, 1.82) is 0 Å². The van der Waals surface area contributed by atoms with E-state index in [2.05, 4.69) is 5.32 Å². The second-order valence-electron chi connectivity index (χ2n) is 7.98. The van der Waals surface area contributed by atoms with Crippen molar-refractivity contribution >= 4 is 23.3 Å². The summed E-state index contributed by atoms with van der Waals surface area (Å²) in [7, 11) is 0. The maximum Gasteiger partial charge on any atom is 0.324 e. The number of anilines is 2. The molecule has 2 aromatic carbocycles. The fraction of sp³-hybridized carbons (Fsp3) is 0.391. The van der Waals surface area contributed by atoms with Gasteiger partial charge in [-0.05, 0) is 61.2 Å². The molecule has 2 fully saturated rings. The van der Waals surface area contributed by atoms with Crippen molar-refractivity contribution in [1.82, 2.24) is 4.90 Å². The summed E-state index contributed by atoms with van der Waals surface area (Å²) in [6, 6.07) is 10.8. The molecule has 5 nitrogen and oxygen atoms in total. The average Bonchev–Trinajstić information content (AvgIpc) is 3.28. The first kappa shape index (κ1) is 20.3. The van der Waals surface area contributed by atoms with Crippen LogP contribution >= 0.6 is 0 Å². The van der Waals surface area contributed by atoms with E-state index in [0.29, 0.717) is 18.7 Å². The minimum atomic E-state index is -0.913. The van der Waals surface area contributed by atoms with Crippen molar-refractivity contribution in [2.24, 2.45) is 5.92 Å². The first-order chi connectivity index (χ1) is 14.5. The minimum absolute atomic E-state index is 0.0620. The number of hydrogen-bond donors (Lipinski definition) is 1. The molecule has 1 saturated heterocycles. The fourth-order valence-electron chi connectivity index (χ4n) is 4.18. The van der Waals surface area contributed by atoms with Gasteiger partial charge in [-0.3, -0.25) is 9.69 Å². The van der Waals surface area contributed by atoms with Crippen molar-refractivity contribution < 1.29 is 18.4 Å². The molecule has 2 aliphatic rings. The number of nitrogens with one attached hydrogen (secondary N) is 1. The summed E-state index contributed by atoms with van der Waals surface area (Å²) in [5, 5.41) is 2.96. The summed E-state index contributed by atoms with van der Waals surface area (Å²) < 4.78 is 26.6. The van der Waals surface area contributed by atoms with E-state index in [1.807, 2.05) is 24.3 Å². The third kappa shape index (κ3) is 4.45. The Bertz CT molecular complexity index is 927. The van der Waals surface area contributed by atoms with E-state index in [-0.39, 0.29) is 24.4 Å². The molecule has 7 heteroatoms. The van der Waals surface area contributed by atoms with Gasteiger partial charge in [-0.25, -0.2) is 13.6 Å². The van der Waals surface area contributed by atoms with Crippen molar-refractivity contribution in [3.05, 3.63) is 59.7 Å². The van der Waals surface area contributed by atoms with Gasteiger partial charge >= 0.3 is 6.03 Å². The zero-order valence-electron chi connectivity index (χ0n) is 16.7. The van der Waals surface area contributed by atoms with E-state index in [9.17, 15) is 18.4 Å². The van der Waals surface area contributed by atoms with Gasteiger partial charge in [0.1, 0.15) is 0 Å². The minimum Gasteiger partial charge on any atom is -0.326 e. The Morgan fingerprint density at radius 2 is 1.70 bits per heavy atom. The van der Waals surface area contributed by atoms with Gasteiger partial charge in [0.25, 0.3) is 0 Å². The summed E-state index contributed by atoms with van der Waals surface area (Å²) in [5.74, 6) is -1.65. The Kier molecular flexibility index (Phi) is 5.97. The molecule has 0 bridgehead atoms. The Morgan fingerprint density at radius 3 is 2.40 bits per heavy atom. The Hall–Kier alpha value is -2.96. The molecule has 0 unspecified atom stereocenters. The molecule has 1 N–H and O–H groups in total. The predicted octanol–water partition coefficient (Wildman–Crippen LogP) is 4.93. The molecule has 0 atom stereocenters. The Morgan fingerprint density at radius 1 is 0.967 bits per heavy atom. The number of rotatable bonds is 5. The largest absolute Gasteiger partial charge is 0.326 e. The number of hydrogen-bond acceptors (Lipinski definition) is 2. The maximum atomic E-state index is 13.5. The molecule has 1 aliphatic carbocycles. The Labute approximate surface area is 174 Å². The molecule has 2 aromatic rings. The monoisotopic (exact) mass is 413 g/mol. The van der Waals surface area contributed by atoms with Gasteiger partial charge in [-0.2, -0.15) is 0 Å². The standard InChI is InChI=1S/C23H25F2N3O2/c24-20-11-6-16(14-21(20)25)15-27-12-3-13-28(23(27)30)19-9-7-18(8-10-19)26-22(29)17-4-1-2-5-17/h6-11,14,17H,1-5,12-13,15H2,(H,26,29). The lowest BCUT2D eigenvalue weighted by atomic mass is 10.1. The van der Waals surface area contributed by atoms with Crippen molar-refractivity contribution in [2.45, 2.75) is 38.6 Å². The number of carbonyl (C=O) groups is 2. The summed E-state index contributed by atoms with van der Waals surface area (Å²) in [6.45, 7) is 1.37. The van der Waals surface area contributed by atoms with E-state index in [0.717, 1.165) is 55.6 Å². The second kappa shape index (κ2) is 8.81. The van der Waals surface area contributed by atoms with E-state index < -0.39 is 11.6 Å². The van der Waals surface area contributed by atoms with Gasteiger partial charge in [0.05, 0.1) is 0 Å². The molecule has 3 amide bonds. The lowest BCUT2D eigenvalue weighted by Crippen LogP contribution is -2.49. The van der Waals surface area contributed by atoms with E-state index >= 15 is 0 Å². The van der Waals surface area contributed by atoms with Crippen LogP contribution in [0, 0.1) is 17.6 Å². The third-order valence-corrected chi connectivity index (χ3v) is 5.84. The molecule has 30 heavy (non-hydrogen) atoms.